The lowest BCUT2D eigenvalue weighted by Crippen LogP contribution is -2.42. The maximum Gasteiger partial charge on any atom is 0.234 e. The molecule has 0 aromatic heterocycles. The molecule has 3 rings (SSSR count). The van der Waals surface area contributed by atoms with E-state index < -0.39 is 0 Å². The molecule has 0 spiro atoms. The second-order valence-corrected chi connectivity index (χ2v) is 7.49. The predicted octanol–water partition coefficient (Wildman–Crippen LogP) is 3.59. The highest BCUT2D eigenvalue weighted by molar-refractivity contribution is 5.97. The molecule has 140 valence electrons. The molecule has 0 unspecified atom stereocenters. The maximum absolute atomic E-state index is 12.5. The summed E-state index contributed by atoms with van der Waals surface area (Å²) in [7, 11) is 0. The van der Waals surface area contributed by atoms with Crippen LogP contribution in [-0.4, -0.2) is 42.8 Å². The number of piperidine rings is 1. The molecule has 1 amide bonds. The first kappa shape index (κ1) is 18.8. The number of benzene rings is 1. The van der Waals surface area contributed by atoms with Crippen molar-refractivity contribution in [3.05, 3.63) is 47.5 Å². The lowest BCUT2D eigenvalue weighted by Gasteiger charge is -2.30. The Balaban J connectivity index is 1.35. The first-order valence-electron chi connectivity index (χ1n) is 9.98. The van der Waals surface area contributed by atoms with Crippen LogP contribution >= 0.6 is 0 Å². The zero-order valence-corrected chi connectivity index (χ0v) is 15.6. The molecular weight excluding hydrogens is 324 g/mol. The summed E-state index contributed by atoms with van der Waals surface area (Å²) < 4.78 is 0. The normalized spacial score (nSPS) is 19.0. The van der Waals surface area contributed by atoms with E-state index >= 15 is 0 Å². The van der Waals surface area contributed by atoms with Crippen LogP contribution in [0, 0.1) is 5.92 Å². The summed E-state index contributed by atoms with van der Waals surface area (Å²) in [5.41, 5.74) is 2.30. The van der Waals surface area contributed by atoms with Gasteiger partial charge < -0.3 is 5.32 Å². The zero-order chi connectivity index (χ0) is 18.2. The van der Waals surface area contributed by atoms with Crippen LogP contribution in [0.5, 0.6) is 0 Å². The Morgan fingerprint density at radius 3 is 2.54 bits per heavy atom. The number of Topliss-reactive ketones (excluding diaryl/α,β-unsaturated/α-hetero) is 1. The third-order valence-electron chi connectivity index (χ3n) is 5.54. The number of allylic oxidation sites excluding steroid dienone is 1. The van der Waals surface area contributed by atoms with Gasteiger partial charge in [-0.3, -0.25) is 14.5 Å². The quantitative estimate of drug-likeness (QED) is 0.601. The van der Waals surface area contributed by atoms with Gasteiger partial charge in [-0.2, -0.15) is 0 Å². The molecule has 0 saturated carbocycles. The Morgan fingerprint density at radius 1 is 1.08 bits per heavy atom. The van der Waals surface area contributed by atoms with Crippen molar-refractivity contribution in [2.45, 2.75) is 44.9 Å². The third-order valence-corrected chi connectivity index (χ3v) is 5.54. The molecule has 0 radical (unpaired) electrons. The average Bonchev–Trinajstić information content (AvgIpc) is 2.69. The molecule has 0 atom stereocenters. The maximum atomic E-state index is 12.5. The lowest BCUT2D eigenvalue weighted by atomic mass is 9.89. The Hall–Kier alpha value is -1.94. The van der Waals surface area contributed by atoms with Gasteiger partial charge in [0.2, 0.25) is 5.91 Å². The van der Waals surface area contributed by atoms with Crippen molar-refractivity contribution in [2.24, 2.45) is 5.92 Å². The minimum atomic E-state index is 0.0925. The van der Waals surface area contributed by atoms with Crippen LogP contribution in [0.3, 0.4) is 0 Å². The van der Waals surface area contributed by atoms with Crippen molar-refractivity contribution < 1.29 is 9.59 Å². The van der Waals surface area contributed by atoms with Crippen molar-refractivity contribution in [3.63, 3.8) is 0 Å². The van der Waals surface area contributed by atoms with Crippen LogP contribution in [0.2, 0.25) is 0 Å². The van der Waals surface area contributed by atoms with Crippen LogP contribution in [-0.2, 0) is 4.79 Å². The van der Waals surface area contributed by atoms with E-state index in [9.17, 15) is 9.59 Å². The minimum Gasteiger partial charge on any atom is -0.355 e. The number of likely N-dealkylation sites (tertiary alicyclic amines) is 1. The zero-order valence-electron chi connectivity index (χ0n) is 15.6. The fourth-order valence-electron chi connectivity index (χ4n) is 3.94. The molecule has 1 aromatic carbocycles. The fraction of sp³-hybridized carbons (Fsp3) is 0.545. The second kappa shape index (κ2) is 9.67. The predicted molar refractivity (Wildman–Crippen MR) is 104 cm³/mol. The molecule has 4 heteroatoms. The van der Waals surface area contributed by atoms with Crippen LogP contribution in [0.1, 0.15) is 55.3 Å². The highest BCUT2D eigenvalue weighted by Gasteiger charge is 2.26. The van der Waals surface area contributed by atoms with Gasteiger partial charge in [0.25, 0.3) is 0 Å². The molecule has 1 fully saturated rings. The number of carbonyl (C=O) groups is 2. The SMILES string of the molecule is O=C(CN1CCC(C(=O)c2ccccc2)CC1)NCCC1=CCCCC1. The molecule has 1 heterocycles. The summed E-state index contributed by atoms with van der Waals surface area (Å²) >= 11 is 0. The summed E-state index contributed by atoms with van der Waals surface area (Å²) in [6.07, 6.45) is 9.99. The van der Waals surface area contributed by atoms with Crippen LogP contribution in [0.25, 0.3) is 0 Å². The first-order chi connectivity index (χ1) is 12.7. The van der Waals surface area contributed by atoms with E-state index in [0.717, 1.165) is 44.5 Å². The van der Waals surface area contributed by atoms with Crippen LogP contribution < -0.4 is 5.32 Å². The molecule has 1 aliphatic carbocycles. The second-order valence-electron chi connectivity index (χ2n) is 7.49. The van der Waals surface area contributed by atoms with E-state index in [1.807, 2.05) is 30.3 Å². The van der Waals surface area contributed by atoms with E-state index in [-0.39, 0.29) is 17.6 Å². The Bertz CT molecular complexity index is 631. The molecule has 2 aliphatic rings. The van der Waals surface area contributed by atoms with Crippen molar-refractivity contribution in [1.82, 2.24) is 10.2 Å². The van der Waals surface area contributed by atoms with Gasteiger partial charge in [-0.15, -0.1) is 0 Å². The summed E-state index contributed by atoms with van der Waals surface area (Å²) in [5, 5.41) is 3.05. The topological polar surface area (TPSA) is 49.4 Å². The van der Waals surface area contributed by atoms with E-state index in [0.29, 0.717) is 6.54 Å². The standard InChI is InChI=1S/C22H30N2O2/c25-21(23-14-11-18-7-3-1-4-8-18)17-24-15-12-20(13-16-24)22(26)19-9-5-2-6-10-19/h2,5-7,9-10,20H,1,3-4,8,11-17H2,(H,23,25). The summed E-state index contributed by atoms with van der Waals surface area (Å²) in [6, 6.07) is 9.54. The van der Waals surface area contributed by atoms with Gasteiger partial charge >= 0.3 is 0 Å². The van der Waals surface area contributed by atoms with Crippen molar-refractivity contribution in [2.75, 3.05) is 26.2 Å². The van der Waals surface area contributed by atoms with Gasteiger partial charge in [0.15, 0.2) is 5.78 Å². The van der Waals surface area contributed by atoms with Gasteiger partial charge in [-0.1, -0.05) is 42.0 Å². The van der Waals surface area contributed by atoms with Crippen LogP contribution in [0.4, 0.5) is 0 Å². The summed E-state index contributed by atoms with van der Waals surface area (Å²) in [5.74, 6) is 0.444. The van der Waals surface area contributed by atoms with E-state index in [1.165, 1.54) is 31.3 Å². The van der Waals surface area contributed by atoms with Gasteiger partial charge in [-0.25, -0.2) is 0 Å². The molecule has 26 heavy (non-hydrogen) atoms. The lowest BCUT2D eigenvalue weighted by molar-refractivity contribution is -0.122. The molecule has 1 saturated heterocycles. The number of nitrogens with one attached hydrogen (secondary N) is 1. The van der Waals surface area contributed by atoms with Crippen molar-refractivity contribution in [1.29, 1.82) is 0 Å². The van der Waals surface area contributed by atoms with Gasteiger partial charge in [0.05, 0.1) is 6.54 Å². The first-order valence-corrected chi connectivity index (χ1v) is 9.98. The monoisotopic (exact) mass is 354 g/mol. The van der Waals surface area contributed by atoms with E-state index in [1.54, 1.807) is 0 Å². The van der Waals surface area contributed by atoms with Gasteiger partial charge in [0, 0.05) is 18.0 Å². The number of nitrogens with zero attached hydrogens (tertiary/aromatic N) is 1. The summed E-state index contributed by atoms with van der Waals surface area (Å²) in [6.45, 7) is 2.84. The highest BCUT2D eigenvalue weighted by atomic mass is 16.2. The fourth-order valence-corrected chi connectivity index (χ4v) is 3.94. The van der Waals surface area contributed by atoms with Crippen molar-refractivity contribution in [3.8, 4) is 0 Å². The number of amides is 1. The van der Waals surface area contributed by atoms with Crippen LogP contribution in [0.15, 0.2) is 42.0 Å². The molecular formula is C22H30N2O2. The Labute approximate surface area is 156 Å². The Morgan fingerprint density at radius 2 is 1.85 bits per heavy atom. The van der Waals surface area contributed by atoms with E-state index in [2.05, 4.69) is 16.3 Å². The van der Waals surface area contributed by atoms with Gasteiger partial charge in [-0.05, 0) is 58.0 Å². The largest absolute Gasteiger partial charge is 0.355 e. The number of carbonyl (C=O) groups excluding carboxylic acids is 2. The minimum absolute atomic E-state index is 0.0925. The Kier molecular flexibility index (Phi) is 7.01. The average molecular weight is 354 g/mol. The number of ketones is 1. The molecule has 1 aromatic rings. The molecule has 0 bridgehead atoms. The highest BCUT2D eigenvalue weighted by Crippen LogP contribution is 2.22. The molecule has 1 N–H and O–H groups in total. The number of rotatable bonds is 7. The van der Waals surface area contributed by atoms with Crippen molar-refractivity contribution >= 4 is 11.7 Å². The number of hydrogen-bond donors (Lipinski definition) is 1. The third kappa shape index (κ3) is 5.53. The molecule has 1 aliphatic heterocycles. The number of hydrogen-bond acceptors (Lipinski definition) is 3. The van der Waals surface area contributed by atoms with Gasteiger partial charge in [0.1, 0.15) is 0 Å². The molecule has 4 nitrogen and oxygen atoms in total. The summed E-state index contributed by atoms with van der Waals surface area (Å²) in [4.78, 5) is 26.8. The van der Waals surface area contributed by atoms with E-state index in [4.69, 9.17) is 0 Å². The smallest absolute Gasteiger partial charge is 0.234 e.